The summed E-state index contributed by atoms with van der Waals surface area (Å²) in [6.07, 6.45) is 0. The molecule has 0 fully saturated rings. The van der Waals surface area contributed by atoms with E-state index in [0.29, 0.717) is 0 Å². The van der Waals surface area contributed by atoms with Crippen molar-refractivity contribution in [2.24, 2.45) is 0 Å². The second-order valence-corrected chi connectivity index (χ2v) is 5.50. The van der Waals surface area contributed by atoms with Crippen LogP contribution >= 0.6 is 0 Å². The highest BCUT2D eigenvalue weighted by Gasteiger charge is 2.01. The van der Waals surface area contributed by atoms with Gasteiger partial charge in [-0.3, -0.25) is 0 Å². The molecule has 3 heteroatoms. The van der Waals surface area contributed by atoms with E-state index in [4.69, 9.17) is 0 Å². The summed E-state index contributed by atoms with van der Waals surface area (Å²) in [4.78, 5) is 4.82. The molecule has 114 valence electrons. The fourth-order valence-electron chi connectivity index (χ4n) is 2.37. The monoisotopic (exact) mass is 277 g/mol. The average Bonchev–Trinajstić information content (AvgIpc) is 2.43. The fourth-order valence-corrected chi connectivity index (χ4v) is 2.37. The van der Waals surface area contributed by atoms with Gasteiger partial charge in [0.2, 0.25) is 0 Å². The molecule has 0 aliphatic carbocycles. The summed E-state index contributed by atoms with van der Waals surface area (Å²) in [6.45, 7) is 14.3. The number of nitrogens with zero attached hydrogens (tertiary/aromatic N) is 2. The number of hydrogen-bond acceptors (Lipinski definition) is 3. The number of aryl methyl sites for hydroxylation is 1. The molecule has 0 saturated heterocycles. The third-order valence-electron chi connectivity index (χ3n) is 3.70. The molecule has 0 aliphatic rings. The van der Waals surface area contributed by atoms with Gasteiger partial charge < -0.3 is 15.1 Å². The molecule has 1 rings (SSSR count). The lowest BCUT2D eigenvalue weighted by Crippen LogP contribution is -2.35. The Morgan fingerprint density at radius 3 is 2.40 bits per heavy atom. The molecular formula is C17H31N3. The highest BCUT2D eigenvalue weighted by Crippen LogP contribution is 2.05. The fraction of sp³-hybridized carbons (Fsp3) is 0.647. The van der Waals surface area contributed by atoms with Crippen LogP contribution in [0.25, 0.3) is 0 Å². The SMILES string of the molecule is CCN(CC)CCNCCN(C)Cc1cccc(C)c1. The van der Waals surface area contributed by atoms with Crippen molar-refractivity contribution in [1.82, 2.24) is 15.1 Å². The van der Waals surface area contributed by atoms with Crippen LogP contribution in [0.5, 0.6) is 0 Å². The second kappa shape index (κ2) is 9.92. The first-order valence-corrected chi connectivity index (χ1v) is 7.82. The van der Waals surface area contributed by atoms with E-state index < -0.39 is 0 Å². The molecule has 3 nitrogen and oxygen atoms in total. The molecule has 0 aromatic heterocycles. The Labute approximate surface area is 125 Å². The van der Waals surface area contributed by atoms with E-state index in [2.05, 4.69) is 67.2 Å². The number of hydrogen-bond donors (Lipinski definition) is 1. The first kappa shape index (κ1) is 17.2. The Balaban J connectivity index is 2.13. The van der Waals surface area contributed by atoms with Crippen LogP contribution in [0.4, 0.5) is 0 Å². The Kier molecular flexibility index (Phi) is 8.51. The van der Waals surface area contributed by atoms with E-state index in [1.807, 2.05) is 0 Å². The summed E-state index contributed by atoms with van der Waals surface area (Å²) in [5.74, 6) is 0. The zero-order chi connectivity index (χ0) is 14.8. The van der Waals surface area contributed by atoms with Crippen LogP contribution in [-0.2, 0) is 6.54 Å². The molecule has 0 bridgehead atoms. The van der Waals surface area contributed by atoms with Crippen LogP contribution < -0.4 is 5.32 Å². The molecule has 0 saturated carbocycles. The molecular weight excluding hydrogens is 246 g/mol. The van der Waals surface area contributed by atoms with Gasteiger partial charge in [-0.1, -0.05) is 43.7 Å². The van der Waals surface area contributed by atoms with Crippen molar-refractivity contribution in [3.8, 4) is 0 Å². The minimum Gasteiger partial charge on any atom is -0.314 e. The summed E-state index contributed by atoms with van der Waals surface area (Å²) in [5, 5.41) is 3.53. The van der Waals surface area contributed by atoms with Gasteiger partial charge in [0.1, 0.15) is 0 Å². The van der Waals surface area contributed by atoms with Crippen LogP contribution in [0.3, 0.4) is 0 Å². The van der Waals surface area contributed by atoms with Gasteiger partial charge in [0.05, 0.1) is 0 Å². The van der Waals surface area contributed by atoms with Crippen molar-refractivity contribution >= 4 is 0 Å². The van der Waals surface area contributed by atoms with Gasteiger partial charge in [-0.05, 0) is 32.6 Å². The van der Waals surface area contributed by atoms with Crippen LogP contribution in [-0.4, -0.2) is 56.1 Å². The lowest BCUT2D eigenvalue weighted by molar-refractivity contribution is 0.291. The van der Waals surface area contributed by atoms with Gasteiger partial charge >= 0.3 is 0 Å². The minimum absolute atomic E-state index is 1.03. The molecule has 0 spiro atoms. The number of nitrogens with one attached hydrogen (secondary N) is 1. The summed E-state index contributed by atoms with van der Waals surface area (Å²) < 4.78 is 0. The summed E-state index contributed by atoms with van der Waals surface area (Å²) in [5.41, 5.74) is 2.74. The Morgan fingerprint density at radius 2 is 1.75 bits per heavy atom. The summed E-state index contributed by atoms with van der Waals surface area (Å²) in [6, 6.07) is 8.76. The molecule has 1 aromatic carbocycles. The lowest BCUT2D eigenvalue weighted by Gasteiger charge is -2.20. The third kappa shape index (κ3) is 7.04. The topological polar surface area (TPSA) is 18.5 Å². The number of likely N-dealkylation sites (N-methyl/N-ethyl adjacent to an activating group) is 2. The molecule has 0 aliphatic heterocycles. The van der Waals surface area contributed by atoms with Crippen LogP contribution in [0.1, 0.15) is 25.0 Å². The predicted octanol–water partition coefficient (Wildman–Crippen LogP) is 2.36. The molecule has 20 heavy (non-hydrogen) atoms. The van der Waals surface area contributed by atoms with Crippen molar-refractivity contribution in [2.75, 3.05) is 46.3 Å². The molecule has 0 atom stereocenters. The highest BCUT2D eigenvalue weighted by atomic mass is 15.1. The Bertz CT molecular complexity index is 361. The molecule has 0 radical (unpaired) electrons. The molecule has 0 heterocycles. The maximum Gasteiger partial charge on any atom is 0.0231 e. The molecule has 1 aromatic rings. The quantitative estimate of drug-likeness (QED) is 0.662. The zero-order valence-electron chi connectivity index (χ0n) is 13.7. The average molecular weight is 277 g/mol. The molecule has 0 unspecified atom stereocenters. The van der Waals surface area contributed by atoms with Crippen LogP contribution in [0.15, 0.2) is 24.3 Å². The summed E-state index contributed by atoms with van der Waals surface area (Å²) >= 11 is 0. The largest absolute Gasteiger partial charge is 0.314 e. The minimum atomic E-state index is 1.03. The van der Waals surface area contributed by atoms with E-state index in [9.17, 15) is 0 Å². The van der Waals surface area contributed by atoms with Crippen LogP contribution in [0.2, 0.25) is 0 Å². The Morgan fingerprint density at radius 1 is 1.05 bits per heavy atom. The standard InChI is InChI=1S/C17H31N3/c1-5-20(6-2)13-11-18-10-12-19(4)15-17-9-7-8-16(3)14-17/h7-9,14,18H,5-6,10-13,15H2,1-4H3. The lowest BCUT2D eigenvalue weighted by atomic mass is 10.1. The maximum atomic E-state index is 3.53. The maximum absolute atomic E-state index is 3.53. The third-order valence-corrected chi connectivity index (χ3v) is 3.70. The molecule has 1 N–H and O–H groups in total. The van der Waals surface area contributed by atoms with E-state index in [0.717, 1.165) is 45.8 Å². The van der Waals surface area contributed by atoms with Crippen molar-refractivity contribution in [3.05, 3.63) is 35.4 Å². The predicted molar refractivity (Wildman–Crippen MR) is 88.2 cm³/mol. The Hall–Kier alpha value is -0.900. The van der Waals surface area contributed by atoms with Crippen LogP contribution in [0, 0.1) is 6.92 Å². The first-order chi connectivity index (χ1) is 9.65. The van der Waals surface area contributed by atoms with Gasteiger partial charge in [0.25, 0.3) is 0 Å². The van der Waals surface area contributed by atoms with Crippen molar-refractivity contribution < 1.29 is 0 Å². The van der Waals surface area contributed by atoms with Gasteiger partial charge in [-0.25, -0.2) is 0 Å². The van der Waals surface area contributed by atoms with E-state index in [1.165, 1.54) is 11.1 Å². The van der Waals surface area contributed by atoms with Crippen molar-refractivity contribution in [1.29, 1.82) is 0 Å². The molecule has 0 amide bonds. The number of benzene rings is 1. The van der Waals surface area contributed by atoms with Gasteiger partial charge in [-0.15, -0.1) is 0 Å². The van der Waals surface area contributed by atoms with E-state index >= 15 is 0 Å². The second-order valence-electron chi connectivity index (χ2n) is 5.50. The van der Waals surface area contributed by atoms with Crippen molar-refractivity contribution in [2.45, 2.75) is 27.3 Å². The van der Waals surface area contributed by atoms with Gasteiger partial charge in [0.15, 0.2) is 0 Å². The van der Waals surface area contributed by atoms with E-state index in [-0.39, 0.29) is 0 Å². The van der Waals surface area contributed by atoms with Gasteiger partial charge in [-0.2, -0.15) is 0 Å². The normalized spacial score (nSPS) is 11.5. The first-order valence-electron chi connectivity index (χ1n) is 7.82. The van der Waals surface area contributed by atoms with Crippen molar-refractivity contribution in [3.63, 3.8) is 0 Å². The zero-order valence-corrected chi connectivity index (χ0v) is 13.7. The van der Waals surface area contributed by atoms with Gasteiger partial charge in [0, 0.05) is 32.7 Å². The van der Waals surface area contributed by atoms with E-state index in [1.54, 1.807) is 0 Å². The number of rotatable bonds is 10. The smallest absolute Gasteiger partial charge is 0.0231 e. The highest BCUT2D eigenvalue weighted by molar-refractivity contribution is 5.21. The summed E-state index contributed by atoms with van der Waals surface area (Å²) in [7, 11) is 2.19.